The van der Waals surface area contributed by atoms with Crippen LogP contribution in [0.1, 0.15) is 24.2 Å². The second-order valence-corrected chi connectivity index (χ2v) is 4.37. The summed E-state index contributed by atoms with van der Waals surface area (Å²) in [7, 11) is 0. The van der Waals surface area contributed by atoms with Gasteiger partial charge in [0.15, 0.2) is 0 Å². The molecule has 0 saturated heterocycles. The smallest absolute Gasteiger partial charge is 0.345 e. The maximum absolute atomic E-state index is 13.8. The molecule has 134 valence electrons. The number of rotatable bonds is 8. The summed E-state index contributed by atoms with van der Waals surface area (Å²) in [6.45, 7) is 3.01. The van der Waals surface area contributed by atoms with Gasteiger partial charge in [0.05, 0.1) is 29.1 Å². The van der Waals surface area contributed by atoms with Gasteiger partial charge in [-0.25, -0.2) is 4.79 Å². The molecule has 0 spiro atoms. The van der Waals surface area contributed by atoms with Crippen LogP contribution in [0.4, 0.5) is 15.8 Å². The van der Waals surface area contributed by atoms with Crippen molar-refractivity contribution in [1.29, 1.82) is 0 Å². The molecule has 10 nitrogen and oxygen atoms in total. The monoisotopic (exact) mass is 356 g/mol. The summed E-state index contributed by atoms with van der Waals surface area (Å²) in [5.41, 5.74) is -3.74. The van der Waals surface area contributed by atoms with Gasteiger partial charge in [-0.1, -0.05) is 0 Å². The summed E-state index contributed by atoms with van der Waals surface area (Å²) in [4.78, 5) is 43.8. The standard InChI is InChI=1S/C14H13FN2O8/c1-3-24-7-9(14(19)25-4-2)13(18)8-5-10(15)12(17(22)23)6-11(8)16(20)21/h5-7H,3-4H2,1-2H3/b9-7-. The lowest BCUT2D eigenvalue weighted by atomic mass is 10.0. The van der Waals surface area contributed by atoms with Crippen molar-refractivity contribution in [2.24, 2.45) is 0 Å². The molecule has 0 fully saturated rings. The van der Waals surface area contributed by atoms with Gasteiger partial charge in [0.25, 0.3) is 5.69 Å². The Labute approximate surface area is 140 Å². The Morgan fingerprint density at radius 1 is 1.12 bits per heavy atom. The average Bonchev–Trinajstić information content (AvgIpc) is 2.54. The lowest BCUT2D eigenvalue weighted by molar-refractivity contribution is -0.395. The number of halogens is 1. The average molecular weight is 356 g/mol. The first-order valence-corrected chi connectivity index (χ1v) is 6.90. The predicted molar refractivity (Wildman–Crippen MR) is 80.4 cm³/mol. The van der Waals surface area contributed by atoms with E-state index in [1.165, 1.54) is 6.92 Å². The first-order chi connectivity index (χ1) is 11.7. The number of hydrogen-bond acceptors (Lipinski definition) is 8. The highest BCUT2D eigenvalue weighted by Crippen LogP contribution is 2.29. The zero-order chi connectivity index (χ0) is 19.1. The van der Waals surface area contributed by atoms with Crippen LogP contribution in [0.5, 0.6) is 0 Å². The summed E-state index contributed by atoms with van der Waals surface area (Å²) in [5, 5.41) is 21.8. The summed E-state index contributed by atoms with van der Waals surface area (Å²) in [5.74, 6) is -3.85. The van der Waals surface area contributed by atoms with Crippen LogP contribution in [0.2, 0.25) is 0 Å². The normalized spacial score (nSPS) is 10.9. The molecule has 0 amide bonds. The number of esters is 1. The zero-order valence-electron chi connectivity index (χ0n) is 13.2. The fourth-order valence-corrected chi connectivity index (χ4v) is 1.74. The van der Waals surface area contributed by atoms with Gasteiger partial charge >= 0.3 is 11.7 Å². The van der Waals surface area contributed by atoms with Crippen molar-refractivity contribution in [3.05, 3.63) is 55.6 Å². The highest BCUT2D eigenvalue weighted by atomic mass is 19.1. The lowest BCUT2D eigenvalue weighted by Crippen LogP contribution is -2.18. The van der Waals surface area contributed by atoms with E-state index in [1.807, 2.05) is 0 Å². The van der Waals surface area contributed by atoms with Crippen LogP contribution in [0.15, 0.2) is 24.0 Å². The van der Waals surface area contributed by atoms with Crippen LogP contribution in [-0.4, -0.2) is 34.8 Å². The molecule has 11 heteroatoms. The lowest BCUT2D eigenvalue weighted by Gasteiger charge is -2.07. The van der Waals surface area contributed by atoms with Gasteiger partial charge in [-0.3, -0.25) is 25.0 Å². The molecule has 0 bridgehead atoms. The number of nitrogens with zero attached hydrogens (tertiary/aromatic N) is 2. The summed E-state index contributed by atoms with van der Waals surface area (Å²) >= 11 is 0. The third kappa shape index (κ3) is 4.56. The van der Waals surface area contributed by atoms with Crippen molar-refractivity contribution in [2.75, 3.05) is 13.2 Å². The highest BCUT2D eigenvalue weighted by Gasteiger charge is 2.32. The molecule has 0 aliphatic heterocycles. The molecule has 0 aromatic heterocycles. The second kappa shape index (κ2) is 8.47. The minimum atomic E-state index is -1.46. The molecule has 0 N–H and O–H groups in total. The fraction of sp³-hybridized carbons (Fsp3) is 0.286. The molecular weight excluding hydrogens is 343 g/mol. The molecule has 0 atom stereocenters. The van der Waals surface area contributed by atoms with Gasteiger partial charge in [0.2, 0.25) is 11.6 Å². The van der Waals surface area contributed by atoms with Crippen LogP contribution < -0.4 is 0 Å². The number of ketones is 1. The van der Waals surface area contributed by atoms with Crippen LogP contribution in [0.25, 0.3) is 0 Å². The Kier molecular flexibility index (Phi) is 6.67. The number of nitro benzene ring substituents is 2. The predicted octanol–water partition coefficient (Wildman–Crippen LogP) is 2.31. The van der Waals surface area contributed by atoms with Crippen LogP contribution in [-0.2, 0) is 14.3 Å². The quantitative estimate of drug-likeness (QED) is 0.101. The molecule has 1 aromatic carbocycles. The van der Waals surface area contributed by atoms with Gasteiger partial charge in [0, 0.05) is 0 Å². The maximum atomic E-state index is 13.8. The largest absolute Gasteiger partial charge is 0.500 e. The Morgan fingerprint density at radius 3 is 2.20 bits per heavy atom. The van der Waals surface area contributed by atoms with Crippen LogP contribution >= 0.6 is 0 Å². The van der Waals surface area contributed by atoms with Gasteiger partial charge in [-0.15, -0.1) is 0 Å². The van der Waals surface area contributed by atoms with E-state index in [1.54, 1.807) is 6.92 Å². The van der Waals surface area contributed by atoms with E-state index in [2.05, 4.69) is 4.74 Å². The Bertz CT molecular complexity index is 759. The van der Waals surface area contributed by atoms with Crippen LogP contribution in [0, 0.1) is 26.0 Å². The Balaban J connectivity index is 3.52. The van der Waals surface area contributed by atoms with Gasteiger partial charge < -0.3 is 9.47 Å². The van der Waals surface area contributed by atoms with Crippen LogP contribution in [0.3, 0.4) is 0 Å². The van der Waals surface area contributed by atoms with E-state index < -0.39 is 49.9 Å². The fourth-order valence-electron chi connectivity index (χ4n) is 1.74. The summed E-state index contributed by atoms with van der Waals surface area (Å²) in [6, 6.07) is 0.642. The third-order valence-electron chi connectivity index (χ3n) is 2.81. The first kappa shape index (κ1) is 19.7. The molecule has 0 aliphatic carbocycles. The van der Waals surface area contributed by atoms with E-state index >= 15 is 0 Å². The molecule has 0 saturated carbocycles. The first-order valence-electron chi connectivity index (χ1n) is 6.90. The number of benzene rings is 1. The minimum absolute atomic E-state index is 0.0763. The number of carbonyl (C=O) groups is 2. The molecule has 0 unspecified atom stereocenters. The van der Waals surface area contributed by atoms with E-state index in [4.69, 9.17) is 4.74 Å². The summed E-state index contributed by atoms with van der Waals surface area (Å²) < 4.78 is 23.3. The van der Waals surface area contributed by atoms with Crippen molar-refractivity contribution < 1.29 is 33.3 Å². The number of carbonyl (C=O) groups excluding carboxylic acids is 2. The zero-order valence-corrected chi connectivity index (χ0v) is 13.2. The van der Waals surface area contributed by atoms with Gasteiger partial charge in [-0.2, -0.15) is 4.39 Å². The van der Waals surface area contributed by atoms with E-state index in [0.29, 0.717) is 12.1 Å². The molecule has 1 aromatic rings. The Morgan fingerprint density at radius 2 is 1.72 bits per heavy atom. The molecule has 0 radical (unpaired) electrons. The van der Waals surface area contributed by atoms with Crippen molar-refractivity contribution in [3.8, 4) is 0 Å². The maximum Gasteiger partial charge on any atom is 0.345 e. The highest BCUT2D eigenvalue weighted by molar-refractivity contribution is 6.25. The second-order valence-electron chi connectivity index (χ2n) is 4.37. The van der Waals surface area contributed by atoms with Crippen molar-refractivity contribution in [2.45, 2.75) is 13.8 Å². The number of nitro groups is 2. The molecule has 0 heterocycles. The van der Waals surface area contributed by atoms with E-state index in [9.17, 15) is 34.2 Å². The number of hydrogen-bond donors (Lipinski definition) is 0. The van der Waals surface area contributed by atoms with Gasteiger partial charge in [-0.05, 0) is 19.9 Å². The third-order valence-corrected chi connectivity index (χ3v) is 2.81. The number of ether oxygens (including phenoxy) is 2. The number of Topliss-reactive ketones (excluding diaryl/α,β-unsaturated/α-hetero) is 1. The minimum Gasteiger partial charge on any atom is -0.500 e. The Hall–Kier alpha value is -3.37. The van der Waals surface area contributed by atoms with E-state index in [-0.39, 0.29) is 13.2 Å². The molecule has 1 rings (SSSR count). The summed E-state index contributed by atoms with van der Waals surface area (Å²) in [6.07, 6.45) is 0.739. The molecule has 25 heavy (non-hydrogen) atoms. The van der Waals surface area contributed by atoms with Crippen molar-refractivity contribution in [3.63, 3.8) is 0 Å². The van der Waals surface area contributed by atoms with Gasteiger partial charge in [0.1, 0.15) is 17.4 Å². The molecular formula is C14H13FN2O8. The molecule has 0 aliphatic rings. The van der Waals surface area contributed by atoms with E-state index in [0.717, 1.165) is 6.26 Å². The van der Waals surface area contributed by atoms with Crippen molar-refractivity contribution >= 4 is 23.1 Å². The topological polar surface area (TPSA) is 139 Å². The van der Waals surface area contributed by atoms with Crippen molar-refractivity contribution in [1.82, 2.24) is 0 Å². The SMILES string of the molecule is CCO/C=C(\C(=O)OCC)C(=O)c1cc(F)c([N+](=O)[O-])cc1[N+](=O)[O-].